The van der Waals surface area contributed by atoms with E-state index in [4.69, 9.17) is 9.47 Å². The maximum absolute atomic E-state index is 13.1. The maximum Gasteiger partial charge on any atom is 0.228 e. The lowest BCUT2D eigenvalue weighted by Gasteiger charge is -2.41. The van der Waals surface area contributed by atoms with Crippen molar-refractivity contribution in [2.45, 2.75) is 51.0 Å². The third-order valence-corrected chi connectivity index (χ3v) is 7.40. The van der Waals surface area contributed by atoms with Crippen molar-refractivity contribution in [3.05, 3.63) is 23.8 Å². The molecule has 0 bridgehead atoms. The van der Waals surface area contributed by atoms with Crippen molar-refractivity contribution >= 4 is 11.8 Å². The van der Waals surface area contributed by atoms with Crippen LogP contribution in [-0.4, -0.2) is 86.0 Å². The highest BCUT2D eigenvalue weighted by Crippen LogP contribution is 2.29. The number of carbonyl (C=O) groups is 2. The SMILES string of the molecule is COc1ccc(CCN2C[C@@H](C(=O)N3CCN(C4CCCCC4)CC3)CC2=O)cc1OC. The van der Waals surface area contributed by atoms with Crippen LogP contribution >= 0.6 is 0 Å². The van der Waals surface area contributed by atoms with Crippen LogP contribution in [0.1, 0.15) is 44.1 Å². The zero-order chi connectivity index (χ0) is 22.5. The van der Waals surface area contributed by atoms with Crippen molar-refractivity contribution in [2.75, 3.05) is 53.5 Å². The van der Waals surface area contributed by atoms with Gasteiger partial charge in [-0.1, -0.05) is 25.3 Å². The van der Waals surface area contributed by atoms with Crippen LogP contribution in [-0.2, 0) is 16.0 Å². The first-order valence-corrected chi connectivity index (χ1v) is 12.1. The maximum atomic E-state index is 13.1. The molecule has 3 fully saturated rings. The second kappa shape index (κ2) is 10.6. The number of rotatable bonds is 7. The van der Waals surface area contributed by atoms with Crippen LogP contribution in [0.25, 0.3) is 0 Å². The van der Waals surface area contributed by atoms with E-state index >= 15 is 0 Å². The molecule has 2 saturated heterocycles. The quantitative estimate of drug-likeness (QED) is 0.648. The second-order valence-electron chi connectivity index (χ2n) is 9.33. The molecule has 1 atom stereocenters. The van der Waals surface area contributed by atoms with Crippen LogP contribution in [0.5, 0.6) is 11.5 Å². The number of nitrogens with zero attached hydrogens (tertiary/aromatic N) is 3. The van der Waals surface area contributed by atoms with E-state index in [1.165, 1.54) is 32.1 Å². The Morgan fingerprint density at radius 3 is 2.41 bits per heavy atom. The number of amides is 2. The normalized spacial score (nSPS) is 22.9. The fourth-order valence-corrected chi connectivity index (χ4v) is 5.47. The van der Waals surface area contributed by atoms with E-state index in [1.54, 1.807) is 14.2 Å². The van der Waals surface area contributed by atoms with Crippen molar-refractivity contribution in [1.29, 1.82) is 0 Å². The van der Waals surface area contributed by atoms with Gasteiger partial charge in [0.1, 0.15) is 0 Å². The van der Waals surface area contributed by atoms with Crippen molar-refractivity contribution in [3.8, 4) is 11.5 Å². The number of likely N-dealkylation sites (tertiary alicyclic amines) is 1. The summed E-state index contributed by atoms with van der Waals surface area (Å²) < 4.78 is 10.7. The lowest BCUT2D eigenvalue weighted by atomic mass is 9.93. The molecule has 0 spiro atoms. The summed E-state index contributed by atoms with van der Waals surface area (Å²) in [4.78, 5) is 32.1. The van der Waals surface area contributed by atoms with E-state index in [2.05, 4.69) is 4.90 Å². The number of methoxy groups -OCH3 is 2. The fourth-order valence-electron chi connectivity index (χ4n) is 5.47. The summed E-state index contributed by atoms with van der Waals surface area (Å²) in [5.41, 5.74) is 1.09. The average Bonchev–Trinajstić information content (AvgIpc) is 3.23. The van der Waals surface area contributed by atoms with Crippen LogP contribution in [0.4, 0.5) is 0 Å². The molecule has 2 amide bonds. The standard InChI is InChI=1S/C25H37N3O4/c1-31-22-9-8-19(16-23(22)32-2)10-11-28-18-20(17-24(28)29)25(30)27-14-12-26(13-15-27)21-6-4-3-5-7-21/h8-9,16,20-21H,3-7,10-15,17-18H2,1-2H3/t20-/m0/s1. The molecule has 1 aromatic carbocycles. The first-order valence-electron chi connectivity index (χ1n) is 12.1. The summed E-state index contributed by atoms with van der Waals surface area (Å²) in [5, 5.41) is 0. The third kappa shape index (κ3) is 5.20. The predicted molar refractivity (Wildman–Crippen MR) is 123 cm³/mol. The number of carbonyl (C=O) groups excluding carboxylic acids is 2. The van der Waals surface area contributed by atoms with Crippen molar-refractivity contribution in [1.82, 2.24) is 14.7 Å². The Morgan fingerprint density at radius 1 is 1.00 bits per heavy atom. The number of piperazine rings is 1. The topological polar surface area (TPSA) is 62.3 Å². The van der Waals surface area contributed by atoms with Gasteiger partial charge in [-0.2, -0.15) is 0 Å². The lowest BCUT2D eigenvalue weighted by Crippen LogP contribution is -2.53. The fraction of sp³-hybridized carbons (Fsp3) is 0.680. The molecule has 2 heterocycles. The largest absolute Gasteiger partial charge is 0.493 e. The third-order valence-electron chi connectivity index (χ3n) is 7.40. The Kier molecular flexibility index (Phi) is 7.55. The number of ether oxygens (including phenoxy) is 2. The molecule has 1 aromatic rings. The van der Waals surface area contributed by atoms with Crippen LogP contribution in [0.3, 0.4) is 0 Å². The van der Waals surface area contributed by atoms with Gasteiger partial charge in [-0.3, -0.25) is 14.5 Å². The van der Waals surface area contributed by atoms with E-state index < -0.39 is 0 Å². The Morgan fingerprint density at radius 2 is 1.72 bits per heavy atom. The number of benzene rings is 1. The molecule has 1 saturated carbocycles. The van der Waals surface area contributed by atoms with E-state index in [9.17, 15) is 9.59 Å². The first-order chi connectivity index (χ1) is 15.6. The summed E-state index contributed by atoms with van der Waals surface area (Å²) in [6.07, 6.45) is 7.73. The first kappa shape index (κ1) is 22.9. The minimum absolute atomic E-state index is 0.0877. The van der Waals surface area contributed by atoms with Gasteiger partial charge in [0.2, 0.25) is 11.8 Å². The van der Waals surface area contributed by atoms with Crippen LogP contribution in [0, 0.1) is 5.92 Å². The van der Waals surface area contributed by atoms with Crippen molar-refractivity contribution < 1.29 is 19.1 Å². The summed E-state index contributed by atoms with van der Waals surface area (Å²) in [5.74, 6) is 1.44. The predicted octanol–water partition coefficient (Wildman–Crippen LogP) is 2.57. The monoisotopic (exact) mass is 443 g/mol. The van der Waals surface area contributed by atoms with Gasteiger partial charge >= 0.3 is 0 Å². The van der Waals surface area contributed by atoms with Gasteiger partial charge < -0.3 is 19.3 Å². The Balaban J connectivity index is 1.26. The second-order valence-corrected chi connectivity index (χ2v) is 9.33. The Bertz CT molecular complexity index is 800. The molecule has 1 aliphatic carbocycles. The Labute approximate surface area is 191 Å². The molecular formula is C25H37N3O4. The van der Waals surface area contributed by atoms with E-state index in [0.717, 1.165) is 38.2 Å². The number of hydrogen-bond donors (Lipinski definition) is 0. The number of hydrogen-bond acceptors (Lipinski definition) is 5. The smallest absolute Gasteiger partial charge is 0.228 e. The molecule has 2 aliphatic heterocycles. The van der Waals surface area contributed by atoms with E-state index in [1.807, 2.05) is 28.0 Å². The molecule has 32 heavy (non-hydrogen) atoms. The summed E-state index contributed by atoms with van der Waals surface area (Å²) in [7, 11) is 3.24. The van der Waals surface area contributed by atoms with E-state index in [-0.39, 0.29) is 17.7 Å². The minimum atomic E-state index is -0.200. The summed E-state index contributed by atoms with van der Waals surface area (Å²) in [6.45, 7) is 4.69. The van der Waals surface area contributed by atoms with Gasteiger partial charge in [-0.15, -0.1) is 0 Å². The minimum Gasteiger partial charge on any atom is -0.493 e. The molecule has 7 nitrogen and oxygen atoms in total. The van der Waals surface area contributed by atoms with Crippen LogP contribution in [0.2, 0.25) is 0 Å². The molecule has 7 heteroatoms. The Hall–Kier alpha value is -2.28. The summed E-state index contributed by atoms with van der Waals surface area (Å²) >= 11 is 0. The molecule has 0 aromatic heterocycles. The average molecular weight is 444 g/mol. The van der Waals surface area contributed by atoms with Gasteiger partial charge in [-0.05, 0) is 37.0 Å². The molecule has 0 N–H and O–H groups in total. The van der Waals surface area contributed by atoms with Crippen molar-refractivity contribution in [3.63, 3.8) is 0 Å². The molecule has 0 radical (unpaired) electrons. The molecular weight excluding hydrogens is 406 g/mol. The molecule has 3 aliphatic rings. The van der Waals surface area contributed by atoms with Gasteiger partial charge in [0.05, 0.1) is 20.1 Å². The highest BCUT2D eigenvalue weighted by atomic mass is 16.5. The van der Waals surface area contributed by atoms with Crippen molar-refractivity contribution in [2.24, 2.45) is 5.92 Å². The summed E-state index contributed by atoms with van der Waals surface area (Å²) in [6, 6.07) is 6.55. The van der Waals surface area contributed by atoms with Gasteiger partial charge in [0.25, 0.3) is 0 Å². The zero-order valence-corrected chi connectivity index (χ0v) is 19.6. The van der Waals surface area contributed by atoms with Gasteiger partial charge in [0, 0.05) is 51.7 Å². The van der Waals surface area contributed by atoms with Gasteiger partial charge in [0.15, 0.2) is 11.5 Å². The molecule has 0 unspecified atom stereocenters. The zero-order valence-electron chi connectivity index (χ0n) is 19.6. The molecule has 176 valence electrons. The molecule has 4 rings (SSSR count). The van der Waals surface area contributed by atoms with Crippen LogP contribution < -0.4 is 9.47 Å². The highest BCUT2D eigenvalue weighted by Gasteiger charge is 2.37. The lowest BCUT2D eigenvalue weighted by molar-refractivity contribution is -0.137. The van der Waals surface area contributed by atoms with E-state index in [0.29, 0.717) is 37.1 Å². The van der Waals surface area contributed by atoms with Gasteiger partial charge in [-0.25, -0.2) is 0 Å². The highest BCUT2D eigenvalue weighted by molar-refractivity contribution is 5.89. The van der Waals surface area contributed by atoms with Crippen LogP contribution in [0.15, 0.2) is 18.2 Å².